The third-order valence-corrected chi connectivity index (χ3v) is 6.67. The summed E-state index contributed by atoms with van der Waals surface area (Å²) in [6, 6.07) is 12.6. The Hall–Kier alpha value is -3.32. The molecule has 4 heterocycles. The first kappa shape index (κ1) is 18.7. The fourth-order valence-corrected chi connectivity index (χ4v) is 4.96. The normalized spacial score (nSPS) is 12.7. The highest BCUT2D eigenvalue weighted by Gasteiger charge is 2.26. The molecule has 0 spiro atoms. The fraction of sp³-hybridized carbons (Fsp3) is 0.217. The molecule has 1 N–H and O–H groups in total. The first-order valence-corrected chi connectivity index (χ1v) is 10.7. The highest BCUT2D eigenvalue weighted by molar-refractivity contribution is 7.15. The lowest BCUT2D eigenvalue weighted by Crippen LogP contribution is -2.07. The molecule has 0 unspecified atom stereocenters. The molecule has 150 valence electrons. The molecule has 0 saturated carbocycles. The Bertz CT molecular complexity index is 1230. The minimum atomic E-state index is 0.526. The topological polar surface area (TPSA) is 68.0 Å². The number of benzene rings is 1. The number of hydrogen-bond acceptors (Lipinski definition) is 6. The molecule has 0 amide bonds. The third-order valence-electron chi connectivity index (χ3n) is 5.48. The average molecular weight is 415 g/mol. The van der Waals surface area contributed by atoms with Gasteiger partial charge in [0.1, 0.15) is 17.4 Å². The zero-order chi connectivity index (χ0) is 20.7. The summed E-state index contributed by atoms with van der Waals surface area (Å²) in [5, 5.41) is 13.3. The average Bonchev–Trinajstić information content (AvgIpc) is 3.21. The van der Waals surface area contributed by atoms with Gasteiger partial charge in [0, 0.05) is 40.6 Å². The van der Waals surface area contributed by atoms with Gasteiger partial charge in [-0.2, -0.15) is 0 Å². The van der Waals surface area contributed by atoms with Gasteiger partial charge >= 0.3 is 0 Å². The SMILES string of the molecule is Cc1sc2c(c1C)C(c1ccc(NCc3ccncc3)cc1)=NCc1nnc(C)n1-2. The third kappa shape index (κ3) is 3.21. The van der Waals surface area contributed by atoms with Gasteiger partial charge in [-0.1, -0.05) is 12.1 Å². The van der Waals surface area contributed by atoms with Crippen molar-refractivity contribution in [2.45, 2.75) is 33.9 Å². The van der Waals surface area contributed by atoms with Crippen LogP contribution in [0.3, 0.4) is 0 Å². The molecule has 7 heteroatoms. The number of aromatic nitrogens is 4. The number of anilines is 1. The molecule has 4 aromatic rings. The van der Waals surface area contributed by atoms with Crippen molar-refractivity contribution in [2.24, 2.45) is 4.99 Å². The summed E-state index contributed by atoms with van der Waals surface area (Å²) in [7, 11) is 0. The smallest absolute Gasteiger partial charge is 0.160 e. The summed E-state index contributed by atoms with van der Waals surface area (Å²) in [5.74, 6) is 1.79. The molecule has 0 atom stereocenters. The zero-order valence-electron chi connectivity index (χ0n) is 17.2. The van der Waals surface area contributed by atoms with Crippen molar-refractivity contribution in [3.8, 4) is 5.00 Å². The molecular formula is C23H22N6S. The Kier molecular flexibility index (Phi) is 4.67. The summed E-state index contributed by atoms with van der Waals surface area (Å²) in [5.41, 5.74) is 6.89. The van der Waals surface area contributed by atoms with Crippen molar-refractivity contribution in [3.63, 3.8) is 0 Å². The van der Waals surface area contributed by atoms with E-state index >= 15 is 0 Å². The monoisotopic (exact) mass is 414 g/mol. The number of hydrogen-bond donors (Lipinski definition) is 1. The van der Waals surface area contributed by atoms with E-state index in [0.717, 1.165) is 35.2 Å². The maximum atomic E-state index is 4.96. The van der Waals surface area contributed by atoms with Crippen molar-refractivity contribution in [1.29, 1.82) is 0 Å². The molecule has 1 aromatic carbocycles. The van der Waals surface area contributed by atoms with Crippen LogP contribution >= 0.6 is 11.3 Å². The number of aryl methyl sites for hydroxylation is 2. The van der Waals surface area contributed by atoms with E-state index in [0.29, 0.717) is 6.54 Å². The van der Waals surface area contributed by atoms with Gasteiger partial charge in [-0.05, 0) is 56.2 Å². The lowest BCUT2D eigenvalue weighted by atomic mass is 9.99. The van der Waals surface area contributed by atoms with Gasteiger partial charge < -0.3 is 5.32 Å². The lowest BCUT2D eigenvalue weighted by molar-refractivity contribution is 0.869. The Balaban J connectivity index is 1.48. The van der Waals surface area contributed by atoms with E-state index in [-0.39, 0.29) is 0 Å². The van der Waals surface area contributed by atoms with Crippen LogP contribution in [0.2, 0.25) is 0 Å². The second-order valence-corrected chi connectivity index (χ2v) is 8.62. The maximum absolute atomic E-state index is 4.96. The number of rotatable bonds is 4. The molecule has 5 rings (SSSR count). The van der Waals surface area contributed by atoms with Crippen LogP contribution in [-0.4, -0.2) is 25.5 Å². The fourth-order valence-electron chi connectivity index (χ4n) is 3.73. The lowest BCUT2D eigenvalue weighted by Gasteiger charge is -2.11. The number of thiophene rings is 1. The van der Waals surface area contributed by atoms with E-state index in [1.54, 1.807) is 11.3 Å². The second-order valence-electron chi connectivity index (χ2n) is 7.41. The Morgan fingerprint density at radius 3 is 2.53 bits per heavy atom. The Morgan fingerprint density at radius 2 is 1.77 bits per heavy atom. The van der Waals surface area contributed by atoms with Crippen LogP contribution in [0.15, 0.2) is 53.8 Å². The summed E-state index contributed by atoms with van der Waals surface area (Å²) < 4.78 is 2.15. The molecule has 0 radical (unpaired) electrons. The van der Waals surface area contributed by atoms with Crippen LogP contribution in [0, 0.1) is 20.8 Å². The summed E-state index contributed by atoms with van der Waals surface area (Å²) in [6.07, 6.45) is 3.63. The molecule has 30 heavy (non-hydrogen) atoms. The molecule has 0 saturated heterocycles. The van der Waals surface area contributed by atoms with Gasteiger partial charge in [0.2, 0.25) is 0 Å². The van der Waals surface area contributed by atoms with E-state index in [9.17, 15) is 0 Å². The highest BCUT2D eigenvalue weighted by atomic mass is 32.1. The minimum Gasteiger partial charge on any atom is -0.381 e. The van der Waals surface area contributed by atoms with E-state index < -0.39 is 0 Å². The van der Waals surface area contributed by atoms with Crippen LogP contribution < -0.4 is 5.32 Å². The van der Waals surface area contributed by atoms with Gasteiger partial charge in [-0.25, -0.2) is 0 Å². The van der Waals surface area contributed by atoms with Gasteiger partial charge in [-0.3, -0.25) is 14.5 Å². The first-order chi connectivity index (χ1) is 14.6. The molecule has 3 aromatic heterocycles. The zero-order valence-corrected chi connectivity index (χ0v) is 18.0. The molecule has 0 fully saturated rings. The summed E-state index contributed by atoms with van der Waals surface area (Å²) in [6.45, 7) is 7.63. The van der Waals surface area contributed by atoms with E-state index in [1.807, 2.05) is 31.5 Å². The van der Waals surface area contributed by atoms with Gasteiger partial charge in [-0.15, -0.1) is 21.5 Å². The number of pyridine rings is 1. The van der Waals surface area contributed by atoms with Crippen molar-refractivity contribution < 1.29 is 0 Å². The van der Waals surface area contributed by atoms with Gasteiger partial charge in [0.05, 0.1) is 5.71 Å². The predicted molar refractivity (Wildman–Crippen MR) is 121 cm³/mol. The standard InChI is InChI=1S/C23H22N6S/c1-14-15(2)30-23-21(14)22(26-13-20-28-27-16(3)29(20)23)18-4-6-19(7-5-18)25-12-17-8-10-24-11-9-17/h4-11,25H,12-13H2,1-3H3. The van der Waals surface area contributed by atoms with E-state index in [4.69, 9.17) is 4.99 Å². The highest BCUT2D eigenvalue weighted by Crippen LogP contribution is 2.36. The van der Waals surface area contributed by atoms with Crippen LogP contribution in [0.5, 0.6) is 0 Å². The van der Waals surface area contributed by atoms with Crippen LogP contribution in [0.4, 0.5) is 5.69 Å². The number of aliphatic imine (C=N–C) groups is 1. The quantitative estimate of drug-likeness (QED) is 0.529. The minimum absolute atomic E-state index is 0.526. The number of nitrogens with zero attached hydrogens (tertiary/aromatic N) is 5. The first-order valence-electron chi connectivity index (χ1n) is 9.91. The van der Waals surface area contributed by atoms with Crippen molar-refractivity contribution in [3.05, 3.63) is 87.6 Å². The predicted octanol–water partition coefficient (Wildman–Crippen LogP) is 4.61. The maximum Gasteiger partial charge on any atom is 0.160 e. The van der Waals surface area contributed by atoms with Gasteiger partial charge in [0.25, 0.3) is 0 Å². The van der Waals surface area contributed by atoms with Crippen molar-refractivity contribution >= 4 is 22.7 Å². The summed E-state index contributed by atoms with van der Waals surface area (Å²) >= 11 is 1.78. The van der Waals surface area contributed by atoms with Crippen LogP contribution in [0.1, 0.15) is 38.8 Å². The van der Waals surface area contributed by atoms with Crippen molar-refractivity contribution in [1.82, 2.24) is 19.7 Å². The van der Waals surface area contributed by atoms with E-state index in [1.165, 1.54) is 26.6 Å². The molecule has 0 bridgehead atoms. The molecule has 6 nitrogen and oxygen atoms in total. The second kappa shape index (κ2) is 7.50. The number of nitrogens with one attached hydrogen (secondary N) is 1. The molecule has 1 aliphatic heterocycles. The van der Waals surface area contributed by atoms with Crippen molar-refractivity contribution in [2.75, 3.05) is 5.32 Å². The summed E-state index contributed by atoms with van der Waals surface area (Å²) in [4.78, 5) is 10.3. The Morgan fingerprint density at radius 1 is 1.00 bits per heavy atom. The largest absolute Gasteiger partial charge is 0.381 e. The number of fused-ring (bicyclic) bond motifs is 3. The van der Waals surface area contributed by atoms with Gasteiger partial charge in [0.15, 0.2) is 5.82 Å². The molecular weight excluding hydrogens is 392 g/mol. The van der Waals surface area contributed by atoms with Crippen LogP contribution in [-0.2, 0) is 13.1 Å². The molecule has 0 aliphatic carbocycles. The van der Waals surface area contributed by atoms with Crippen LogP contribution in [0.25, 0.3) is 5.00 Å². The Labute approximate surface area is 179 Å². The van der Waals surface area contributed by atoms with E-state index in [2.05, 4.69) is 63.2 Å². The molecule has 1 aliphatic rings.